The molecule has 0 unspecified atom stereocenters. The second-order valence-electron chi connectivity index (χ2n) is 7.88. The highest BCUT2D eigenvalue weighted by Crippen LogP contribution is 2.44. The fourth-order valence-corrected chi connectivity index (χ4v) is 3.70. The zero-order valence-electron chi connectivity index (χ0n) is 15.9. The molecular formula is C18H22N2O8. The number of nitro groups is 1. The fourth-order valence-electron chi connectivity index (χ4n) is 3.70. The molecule has 3 aliphatic heterocycles. The van der Waals surface area contributed by atoms with E-state index in [9.17, 15) is 14.9 Å². The standard InChI is InChI=1S/C18H22N2O8/c1-17(2)25-11-12(26-17)14-16(28-18(3,4)27-14)24-13(11)15(21)19-9-5-7-10(8-6-9)20(22)23/h5-8,11-14,16H,1-4H3,(H,19,21)/t11-,12-,13+,14-,16+/m1/s1. The molecule has 3 heterocycles. The molecule has 3 aliphatic rings. The van der Waals surface area contributed by atoms with Crippen molar-refractivity contribution in [1.29, 1.82) is 0 Å². The molecule has 1 aromatic rings. The van der Waals surface area contributed by atoms with E-state index in [1.165, 1.54) is 24.3 Å². The van der Waals surface area contributed by atoms with Gasteiger partial charge in [0.15, 0.2) is 24.0 Å². The van der Waals surface area contributed by atoms with Gasteiger partial charge in [-0.05, 0) is 39.8 Å². The van der Waals surface area contributed by atoms with E-state index in [0.29, 0.717) is 5.69 Å². The Morgan fingerprint density at radius 1 is 0.964 bits per heavy atom. The van der Waals surface area contributed by atoms with Gasteiger partial charge < -0.3 is 29.0 Å². The maximum Gasteiger partial charge on any atom is 0.269 e. The van der Waals surface area contributed by atoms with Crippen molar-refractivity contribution in [3.63, 3.8) is 0 Å². The average Bonchev–Trinajstić information content (AvgIpc) is 3.08. The van der Waals surface area contributed by atoms with Gasteiger partial charge in [0.2, 0.25) is 0 Å². The quantitative estimate of drug-likeness (QED) is 0.610. The number of hydrogen-bond donors (Lipinski definition) is 1. The first-order chi connectivity index (χ1) is 13.0. The van der Waals surface area contributed by atoms with E-state index in [4.69, 9.17) is 23.7 Å². The highest BCUT2D eigenvalue weighted by molar-refractivity contribution is 5.95. The Bertz CT molecular complexity index is 793. The Hall–Kier alpha value is -2.11. The van der Waals surface area contributed by atoms with Crippen LogP contribution in [0.15, 0.2) is 24.3 Å². The Kier molecular flexibility index (Phi) is 4.43. The fraction of sp³-hybridized carbons (Fsp3) is 0.611. The molecule has 0 radical (unpaired) electrons. The third kappa shape index (κ3) is 3.49. The first-order valence-electron chi connectivity index (χ1n) is 8.97. The zero-order valence-corrected chi connectivity index (χ0v) is 15.9. The van der Waals surface area contributed by atoms with Gasteiger partial charge in [0, 0.05) is 17.8 Å². The maximum absolute atomic E-state index is 12.9. The number of amides is 1. The lowest BCUT2D eigenvalue weighted by Crippen LogP contribution is -2.58. The minimum absolute atomic E-state index is 0.0668. The molecule has 0 saturated carbocycles. The van der Waals surface area contributed by atoms with E-state index < -0.39 is 53.1 Å². The van der Waals surface area contributed by atoms with E-state index in [-0.39, 0.29) is 5.69 Å². The summed E-state index contributed by atoms with van der Waals surface area (Å²) >= 11 is 0. The third-order valence-corrected chi connectivity index (χ3v) is 4.76. The molecule has 0 spiro atoms. The summed E-state index contributed by atoms with van der Waals surface area (Å²) in [5, 5.41) is 13.5. The van der Waals surface area contributed by atoms with Crippen LogP contribution in [0.3, 0.4) is 0 Å². The lowest BCUT2D eigenvalue weighted by molar-refractivity contribution is -0.384. The van der Waals surface area contributed by atoms with Crippen LogP contribution in [0.4, 0.5) is 11.4 Å². The molecule has 152 valence electrons. The molecule has 3 saturated heterocycles. The van der Waals surface area contributed by atoms with Gasteiger partial charge in [0.1, 0.15) is 18.3 Å². The summed E-state index contributed by atoms with van der Waals surface area (Å²) in [6.07, 6.45) is -3.53. The maximum atomic E-state index is 12.9. The molecule has 10 heteroatoms. The molecule has 4 rings (SSSR count). The molecule has 0 aromatic heterocycles. The Morgan fingerprint density at radius 2 is 1.54 bits per heavy atom. The SMILES string of the molecule is CC1(C)O[C@@H]2[C@@H](O1)[C@@H](C(=O)Nc1ccc([N+](=O)[O-])cc1)O[C@H]1OC(C)(C)O[C@@H]12. The number of benzene rings is 1. The van der Waals surface area contributed by atoms with Crippen molar-refractivity contribution >= 4 is 17.3 Å². The summed E-state index contributed by atoms with van der Waals surface area (Å²) in [6.45, 7) is 7.03. The molecule has 1 amide bonds. The van der Waals surface area contributed by atoms with Crippen molar-refractivity contribution < 1.29 is 33.4 Å². The van der Waals surface area contributed by atoms with Gasteiger partial charge in [-0.25, -0.2) is 0 Å². The predicted molar refractivity (Wildman–Crippen MR) is 94.2 cm³/mol. The largest absolute Gasteiger partial charge is 0.342 e. The number of nitro benzene ring substituents is 1. The van der Waals surface area contributed by atoms with Crippen LogP contribution >= 0.6 is 0 Å². The van der Waals surface area contributed by atoms with Crippen molar-refractivity contribution in [3.8, 4) is 0 Å². The van der Waals surface area contributed by atoms with Crippen molar-refractivity contribution in [2.45, 2.75) is 70.0 Å². The van der Waals surface area contributed by atoms with Crippen LogP contribution in [0, 0.1) is 10.1 Å². The second-order valence-corrected chi connectivity index (χ2v) is 7.88. The number of carbonyl (C=O) groups excluding carboxylic acids is 1. The van der Waals surface area contributed by atoms with Crippen LogP contribution in [-0.4, -0.2) is 53.1 Å². The number of ether oxygens (including phenoxy) is 5. The van der Waals surface area contributed by atoms with Crippen LogP contribution in [0.1, 0.15) is 27.7 Å². The van der Waals surface area contributed by atoms with Crippen LogP contribution < -0.4 is 5.32 Å². The molecular weight excluding hydrogens is 372 g/mol. The zero-order chi connectivity index (χ0) is 20.3. The van der Waals surface area contributed by atoms with E-state index in [2.05, 4.69) is 5.32 Å². The first-order valence-corrected chi connectivity index (χ1v) is 8.97. The Labute approximate surface area is 161 Å². The molecule has 0 bridgehead atoms. The number of non-ortho nitro benzene ring substituents is 1. The number of fused-ring (bicyclic) bond motifs is 3. The lowest BCUT2D eigenvalue weighted by atomic mass is 9.98. The van der Waals surface area contributed by atoms with E-state index in [1.807, 2.05) is 0 Å². The molecule has 0 aliphatic carbocycles. The summed E-state index contributed by atoms with van der Waals surface area (Å²) in [5.74, 6) is -2.24. The number of rotatable bonds is 3. The summed E-state index contributed by atoms with van der Waals surface area (Å²) in [6, 6.07) is 5.52. The van der Waals surface area contributed by atoms with Gasteiger partial charge in [-0.15, -0.1) is 0 Å². The number of nitrogens with one attached hydrogen (secondary N) is 1. The smallest absolute Gasteiger partial charge is 0.269 e. The van der Waals surface area contributed by atoms with Crippen molar-refractivity contribution in [3.05, 3.63) is 34.4 Å². The van der Waals surface area contributed by atoms with Gasteiger partial charge in [-0.2, -0.15) is 0 Å². The highest BCUT2D eigenvalue weighted by Gasteiger charge is 2.62. The first kappa shape index (κ1) is 19.2. The number of anilines is 1. The number of carbonyl (C=O) groups is 1. The molecule has 5 atom stereocenters. The molecule has 1 N–H and O–H groups in total. The predicted octanol–water partition coefficient (Wildman–Crippen LogP) is 1.93. The second kappa shape index (κ2) is 6.46. The van der Waals surface area contributed by atoms with Gasteiger partial charge in [0.05, 0.1) is 4.92 Å². The van der Waals surface area contributed by atoms with Gasteiger partial charge >= 0.3 is 0 Å². The third-order valence-electron chi connectivity index (χ3n) is 4.76. The van der Waals surface area contributed by atoms with Crippen LogP contribution in [0.25, 0.3) is 0 Å². The summed E-state index contributed by atoms with van der Waals surface area (Å²) in [5.41, 5.74) is 0.336. The average molecular weight is 394 g/mol. The molecule has 1 aromatic carbocycles. The molecule has 10 nitrogen and oxygen atoms in total. The number of hydrogen-bond acceptors (Lipinski definition) is 8. The van der Waals surface area contributed by atoms with Crippen LogP contribution in [-0.2, 0) is 28.5 Å². The summed E-state index contributed by atoms with van der Waals surface area (Å²) < 4.78 is 29.4. The summed E-state index contributed by atoms with van der Waals surface area (Å²) in [7, 11) is 0. The topological polar surface area (TPSA) is 118 Å². The van der Waals surface area contributed by atoms with Crippen molar-refractivity contribution in [1.82, 2.24) is 0 Å². The van der Waals surface area contributed by atoms with E-state index >= 15 is 0 Å². The minimum Gasteiger partial charge on any atom is -0.342 e. The van der Waals surface area contributed by atoms with Crippen LogP contribution in [0.2, 0.25) is 0 Å². The van der Waals surface area contributed by atoms with Gasteiger partial charge in [-0.1, -0.05) is 0 Å². The summed E-state index contributed by atoms with van der Waals surface area (Å²) in [4.78, 5) is 23.1. The minimum atomic E-state index is -0.999. The van der Waals surface area contributed by atoms with Crippen molar-refractivity contribution in [2.24, 2.45) is 0 Å². The Morgan fingerprint density at radius 3 is 2.18 bits per heavy atom. The molecule has 28 heavy (non-hydrogen) atoms. The highest BCUT2D eigenvalue weighted by atomic mass is 16.9. The van der Waals surface area contributed by atoms with E-state index in [1.54, 1.807) is 27.7 Å². The molecule has 3 fully saturated rings. The van der Waals surface area contributed by atoms with Crippen LogP contribution in [0.5, 0.6) is 0 Å². The van der Waals surface area contributed by atoms with Crippen molar-refractivity contribution in [2.75, 3.05) is 5.32 Å². The monoisotopic (exact) mass is 394 g/mol. The van der Waals surface area contributed by atoms with E-state index in [0.717, 1.165) is 0 Å². The normalized spacial score (nSPS) is 35.1. The van der Waals surface area contributed by atoms with Gasteiger partial charge in [0.25, 0.3) is 11.6 Å². The van der Waals surface area contributed by atoms with Gasteiger partial charge in [-0.3, -0.25) is 14.9 Å². The number of nitrogens with zero attached hydrogens (tertiary/aromatic N) is 1. The lowest BCUT2D eigenvalue weighted by Gasteiger charge is -2.36. The Balaban J connectivity index is 1.54.